The molecule has 80 valence electrons. The van der Waals surface area contributed by atoms with Crippen LogP contribution < -0.4 is 5.32 Å². The average Bonchev–Trinajstić information content (AvgIpc) is 2.58. The molecule has 0 aliphatic heterocycles. The Bertz CT molecular complexity index is 261. The third kappa shape index (κ3) is 4.19. The summed E-state index contributed by atoms with van der Waals surface area (Å²) in [6.45, 7) is 4.00. The van der Waals surface area contributed by atoms with Gasteiger partial charge in [0.05, 0.1) is 5.69 Å². The second-order valence-electron chi connectivity index (χ2n) is 3.35. The van der Waals surface area contributed by atoms with E-state index in [0.29, 0.717) is 4.83 Å². The third-order valence-corrected chi connectivity index (χ3v) is 3.14. The highest BCUT2D eigenvalue weighted by molar-refractivity contribution is 9.09. The molecule has 0 saturated carbocycles. The number of aryl methyl sites for hydroxylation is 1. The van der Waals surface area contributed by atoms with Gasteiger partial charge < -0.3 is 5.32 Å². The van der Waals surface area contributed by atoms with Crippen LogP contribution in [0.1, 0.15) is 25.5 Å². The Balaban J connectivity index is 2.10. The van der Waals surface area contributed by atoms with E-state index in [2.05, 4.69) is 38.5 Å². The van der Waals surface area contributed by atoms with Crippen molar-refractivity contribution in [2.24, 2.45) is 7.05 Å². The summed E-state index contributed by atoms with van der Waals surface area (Å²) >= 11 is 3.60. The first kappa shape index (κ1) is 11.7. The fourth-order valence-corrected chi connectivity index (χ4v) is 1.38. The van der Waals surface area contributed by atoms with E-state index < -0.39 is 0 Å². The lowest BCUT2D eigenvalue weighted by molar-refractivity contribution is 0.622. The predicted molar refractivity (Wildman–Crippen MR) is 60.3 cm³/mol. The van der Waals surface area contributed by atoms with Gasteiger partial charge in [-0.15, -0.1) is 5.10 Å². The van der Waals surface area contributed by atoms with Crippen molar-refractivity contribution in [2.45, 2.75) is 31.1 Å². The molecule has 0 fully saturated rings. The number of alkyl halides is 1. The van der Waals surface area contributed by atoms with E-state index in [9.17, 15) is 0 Å². The molecular weight excluding hydrogens is 244 g/mol. The molecule has 1 heterocycles. The zero-order valence-electron chi connectivity index (χ0n) is 8.70. The minimum Gasteiger partial charge on any atom is -0.311 e. The van der Waals surface area contributed by atoms with Crippen molar-refractivity contribution in [1.82, 2.24) is 20.3 Å². The van der Waals surface area contributed by atoms with E-state index in [1.54, 1.807) is 4.68 Å². The SMILES string of the molecule is CCC(Br)CCNCc1cn(C)nn1. The van der Waals surface area contributed by atoms with Crippen LogP contribution in [0.15, 0.2) is 6.20 Å². The van der Waals surface area contributed by atoms with E-state index in [4.69, 9.17) is 0 Å². The Kier molecular flexibility index (Phi) is 5.11. The topological polar surface area (TPSA) is 42.7 Å². The molecule has 0 bridgehead atoms. The second-order valence-corrected chi connectivity index (χ2v) is 4.65. The van der Waals surface area contributed by atoms with Gasteiger partial charge in [0.15, 0.2) is 0 Å². The summed E-state index contributed by atoms with van der Waals surface area (Å²) in [6, 6.07) is 0. The lowest BCUT2D eigenvalue weighted by Gasteiger charge is -2.06. The van der Waals surface area contributed by atoms with Crippen molar-refractivity contribution in [3.63, 3.8) is 0 Å². The molecule has 1 aromatic rings. The molecule has 1 aromatic heterocycles. The van der Waals surface area contributed by atoms with E-state index >= 15 is 0 Å². The summed E-state index contributed by atoms with van der Waals surface area (Å²) in [6.07, 6.45) is 4.25. The molecule has 4 nitrogen and oxygen atoms in total. The molecule has 0 spiro atoms. The van der Waals surface area contributed by atoms with Gasteiger partial charge in [-0.05, 0) is 19.4 Å². The summed E-state index contributed by atoms with van der Waals surface area (Å²) in [4.78, 5) is 0.622. The highest BCUT2D eigenvalue weighted by Gasteiger charge is 2.00. The van der Waals surface area contributed by atoms with Crippen molar-refractivity contribution in [1.29, 1.82) is 0 Å². The molecule has 1 rings (SSSR count). The first-order chi connectivity index (χ1) is 6.72. The van der Waals surface area contributed by atoms with Crippen molar-refractivity contribution in [3.05, 3.63) is 11.9 Å². The van der Waals surface area contributed by atoms with Gasteiger partial charge in [0.2, 0.25) is 0 Å². The zero-order chi connectivity index (χ0) is 10.4. The monoisotopic (exact) mass is 260 g/mol. The van der Waals surface area contributed by atoms with E-state index in [-0.39, 0.29) is 0 Å². The Labute approximate surface area is 93.2 Å². The van der Waals surface area contributed by atoms with Crippen LogP contribution >= 0.6 is 15.9 Å². The van der Waals surface area contributed by atoms with Crippen molar-refractivity contribution in [2.75, 3.05) is 6.54 Å². The fourth-order valence-electron chi connectivity index (χ4n) is 1.16. The van der Waals surface area contributed by atoms with Crippen LogP contribution in [0.2, 0.25) is 0 Å². The first-order valence-electron chi connectivity index (χ1n) is 4.92. The molecule has 0 aromatic carbocycles. The molecule has 1 N–H and O–H groups in total. The van der Waals surface area contributed by atoms with Crippen molar-refractivity contribution < 1.29 is 0 Å². The predicted octanol–water partition coefficient (Wildman–Crippen LogP) is 1.47. The molecule has 0 amide bonds. The summed E-state index contributed by atoms with van der Waals surface area (Å²) < 4.78 is 1.72. The number of aromatic nitrogens is 3. The number of halogens is 1. The van der Waals surface area contributed by atoms with Crippen LogP contribution in [0.25, 0.3) is 0 Å². The van der Waals surface area contributed by atoms with Gasteiger partial charge in [0.25, 0.3) is 0 Å². The van der Waals surface area contributed by atoms with Gasteiger partial charge >= 0.3 is 0 Å². The molecule has 14 heavy (non-hydrogen) atoms. The standard InChI is InChI=1S/C9H17BrN4/c1-3-8(10)4-5-11-6-9-7-14(2)13-12-9/h7-8,11H,3-6H2,1-2H3. The average molecular weight is 261 g/mol. The highest BCUT2D eigenvalue weighted by Crippen LogP contribution is 2.07. The van der Waals surface area contributed by atoms with Gasteiger partial charge in [-0.3, -0.25) is 4.68 Å². The fraction of sp³-hybridized carbons (Fsp3) is 0.778. The van der Waals surface area contributed by atoms with Gasteiger partial charge in [-0.2, -0.15) is 0 Å². The molecule has 1 atom stereocenters. The molecule has 0 saturated heterocycles. The lowest BCUT2D eigenvalue weighted by Crippen LogP contribution is -2.17. The van der Waals surface area contributed by atoms with Crippen LogP contribution in [0.4, 0.5) is 0 Å². The van der Waals surface area contributed by atoms with Crippen molar-refractivity contribution >= 4 is 15.9 Å². The van der Waals surface area contributed by atoms with E-state index in [1.165, 1.54) is 6.42 Å². The number of hydrogen-bond acceptors (Lipinski definition) is 3. The first-order valence-corrected chi connectivity index (χ1v) is 5.84. The molecule has 0 radical (unpaired) electrons. The zero-order valence-corrected chi connectivity index (χ0v) is 10.3. The Morgan fingerprint density at radius 2 is 2.43 bits per heavy atom. The number of rotatable bonds is 6. The van der Waals surface area contributed by atoms with Crippen LogP contribution in [-0.2, 0) is 13.6 Å². The number of hydrogen-bond donors (Lipinski definition) is 1. The minimum atomic E-state index is 0.622. The quantitative estimate of drug-likeness (QED) is 0.623. The van der Waals surface area contributed by atoms with Crippen molar-refractivity contribution in [3.8, 4) is 0 Å². The van der Waals surface area contributed by atoms with Crippen LogP contribution in [-0.4, -0.2) is 26.4 Å². The molecular formula is C9H17BrN4. The third-order valence-electron chi connectivity index (χ3n) is 2.03. The van der Waals surface area contributed by atoms with Gasteiger partial charge in [0, 0.05) is 24.6 Å². The number of nitrogens with one attached hydrogen (secondary N) is 1. The highest BCUT2D eigenvalue weighted by atomic mass is 79.9. The van der Waals surface area contributed by atoms with E-state index in [1.807, 2.05) is 13.2 Å². The van der Waals surface area contributed by atoms with Crippen LogP contribution in [0, 0.1) is 0 Å². The van der Waals surface area contributed by atoms with E-state index in [0.717, 1.165) is 25.2 Å². The summed E-state index contributed by atoms with van der Waals surface area (Å²) in [7, 11) is 1.88. The molecule has 0 aliphatic rings. The Hall–Kier alpha value is -0.420. The maximum Gasteiger partial charge on any atom is 0.0964 e. The summed E-state index contributed by atoms with van der Waals surface area (Å²) in [5, 5.41) is 11.2. The lowest BCUT2D eigenvalue weighted by atomic mass is 10.2. The van der Waals surface area contributed by atoms with Gasteiger partial charge in [-0.25, -0.2) is 0 Å². The molecule has 0 aliphatic carbocycles. The van der Waals surface area contributed by atoms with Crippen LogP contribution in [0.3, 0.4) is 0 Å². The molecule has 1 unspecified atom stereocenters. The summed E-state index contributed by atoms with van der Waals surface area (Å²) in [5.74, 6) is 0. The smallest absolute Gasteiger partial charge is 0.0964 e. The van der Waals surface area contributed by atoms with Gasteiger partial charge in [-0.1, -0.05) is 28.1 Å². The number of nitrogens with zero attached hydrogens (tertiary/aromatic N) is 3. The maximum absolute atomic E-state index is 3.99. The Morgan fingerprint density at radius 1 is 1.64 bits per heavy atom. The second kappa shape index (κ2) is 6.14. The van der Waals surface area contributed by atoms with Crippen LogP contribution in [0.5, 0.6) is 0 Å². The Morgan fingerprint density at radius 3 is 3.00 bits per heavy atom. The molecule has 5 heteroatoms. The summed E-state index contributed by atoms with van der Waals surface area (Å²) in [5.41, 5.74) is 0.995. The largest absolute Gasteiger partial charge is 0.311 e. The van der Waals surface area contributed by atoms with Gasteiger partial charge in [0.1, 0.15) is 0 Å². The maximum atomic E-state index is 3.99. The normalized spacial score (nSPS) is 13.1. The minimum absolute atomic E-state index is 0.622.